The summed E-state index contributed by atoms with van der Waals surface area (Å²) < 4.78 is 5.59. The standard InChI is InChI=1S/C12H15BN2O/c13-10-4-3-5-11(9(10)8-14)15-12-6-1-2-7-16-12/h3-5,8,12,14-15H,1-2,6-7H2. The van der Waals surface area contributed by atoms with Gasteiger partial charge < -0.3 is 15.5 Å². The van der Waals surface area contributed by atoms with Crippen LogP contribution in [0.3, 0.4) is 0 Å². The highest BCUT2D eigenvalue weighted by molar-refractivity contribution is 6.36. The number of nitrogens with one attached hydrogen (secondary N) is 2. The van der Waals surface area contributed by atoms with Crippen molar-refractivity contribution in [3.8, 4) is 0 Å². The van der Waals surface area contributed by atoms with Crippen LogP contribution in [0.2, 0.25) is 0 Å². The Morgan fingerprint density at radius 1 is 1.44 bits per heavy atom. The number of anilines is 1. The molecule has 1 aliphatic heterocycles. The van der Waals surface area contributed by atoms with Gasteiger partial charge in [-0.05, 0) is 25.3 Å². The molecule has 0 bridgehead atoms. The highest BCUT2D eigenvalue weighted by atomic mass is 16.5. The van der Waals surface area contributed by atoms with E-state index in [0.29, 0.717) is 5.46 Å². The molecule has 1 aromatic rings. The van der Waals surface area contributed by atoms with Gasteiger partial charge in [0.25, 0.3) is 0 Å². The largest absolute Gasteiger partial charge is 0.360 e. The van der Waals surface area contributed by atoms with Gasteiger partial charge in [-0.3, -0.25) is 0 Å². The topological polar surface area (TPSA) is 45.1 Å². The van der Waals surface area contributed by atoms with E-state index in [-0.39, 0.29) is 6.23 Å². The lowest BCUT2D eigenvalue weighted by Crippen LogP contribution is -2.28. The second-order valence-corrected chi connectivity index (χ2v) is 3.95. The number of rotatable bonds is 3. The third-order valence-electron chi connectivity index (χ3n) is 2.78. The number of hydrogen-bond acceptors (Lipinski definition) is 3. The molecule has 2 N–H and O–H groups in total. The van der Waals surface area contributed by atoms with Crippen molar-refractivity contribution < 1.29 is 4.74 Å². The van der Waals surface area contributed by atoms with E-state index in [1.54, 1.807) is 6.07 Å². The summed E-state index contributed by atoms with van der Waals surface area (Å²) in [6.45, 7) is 0.805. The van der Waals surface area contributed by atoms with Gasteiger partial charge in [0.1, 0.15) is 14.1 Å². The molecule has 4 heteroatoms. The summed E-state index contributed by atoms with van der Waals surface area (Å²) in [7, 11) is 5.80. The summed E-state index contributed by atoms with van der Waals surface area (Å²) in [6.07, 6.45) is 4.65. The van der Waals surface area contributed by atoms with Crippen LogP contribution in [0, 0.1) is 5.41 Å². The smallest absolute Gasteiger partial charge is 0.127 e. The molecule has 1 aromatic carbocycles. The average Bonchev–Trinajstić information content (AvgIpc) is 2.31. The zero-order chi connectivity index (χ0) is 11.4. The van der Waals surface area contributed by atoms with Gasteiger partial charge in [0, 0.05) is 24.1 Å². The predicted molar refractivity (Wildman–Crippen MR) is 66.9 cm³/mol. The molecular weight excluding hydrogens is 199 g/mol. The van der Waals surface area contributed by atoms with Crippen molar-refractivity contribution in [3.05, 3.63) is 23.8 Å². The number of hydrogen-bond donors (Lipinski definition) is 2. The molecule has 1 atom stereocenters. The zero-order valence-electron chi connectivity index (χ0n) is 9.20. The lowest BCUT2D eigenvalue weighted by atomic mass is 9.90. The second-order valence-electron chi connectivity index (χ2n) is 3.95. The fourth-order valence-corrected chi connectivity index (χ4v) is 1.90. The van der Waals surface area contributed by atoms with Gasteiger partial charge in [-0.25, -0.2) is 0 Å². The van der Waals surface area contributed by atoms with Crippen LogP contribution in [0.25, 0.3) is 0 Å². The molecule has 0 aliphatic carbocycles. The molecule has 3 nitrogen and oxygen atoms in total. The first kappa shape index (κ1) is 11.2. The molecule has 2 rings (SSSR count). The zero-order valence-corrected chi connectivity index (χ0v) is 9.20. The molecular formula is C12H15BN2O. The Morgan fingerprint density at radius 2 is 2.31 bits per heavy atom. The van der Waals surface area contributed by atoms with Crippen LogP contribution in [0.4, 0.5) is 5.69 Å². The first-order chi connectivity index (χ1) is 7.81. The maximum Gasteiger partial charge on any atom is 0.127 e. The third kappa shape index (κ3) is 2.45. The quantitative estimate of drug-likeness (QED) is 0.590. The highest BCUT2D eigenvalue weighted by Crippen LogP contribution is 2.18. The molecule has 1 unspecified atom stereocenters. The Labute approximate surface area is 97.1 Å². The molecule has 1 fully saturated rings. The van der Waals surface area contributed by atoms with Crippen LogP contribution >= 0.6 is 0 Å². The minimum absolute atomic E-state index is 0.0502. The van der Waals surface area contributed by atoms with E-state index in [1.165, 1.54) is 12.6 Å². The van der Waals surface area contributed by atoms with Crippen LogP contribution in [-0.2, 0) is 4.74 Å². The fourth-order valence-electron chi connectivity index (χ4n) is 1.90. The molecule has 2 radical (unpaired) electrons. The maximum absolute atomic E-state index is 7.36. The fraction of sp³-hybridized carbons (Fsp3) is 0.417. The summed E-state index contributed by atoms with van der Waals surface area (Å²) in [5.74, 6) is 0. The first-order valence-corrected chi connectivity index (χ1v) is 5.58. The van der Waals surface area contributed by atoms with Crippen LogP contribution in [0.5, 0.6) is 0 Å². The summed E-state index contributed by atoms with van der Waals surface area (Å²) in [4.78, 5) is 0. The summed E-state index contributed by atoms with van der Waals surface area (Å²) in [6, 6.07) is 5.61. The average molecular weight is 214 g/mol. The van der Waals surface area contributed by atoms with E-state index in [2.05, 4.69) is 5.32 Å². The minimum Gasteiger partial charge on any atom is -0.360 e. The Morgan fingerprint density at radius 3 is 3.00 bits per heavy atom. The first-order valence-electron chi connectivity index (χ1n) is 5.58. The van der Waals surface area contributed by atoms with Gasteiger partial charge in [-0.1, -0.05) is 17.6 Å². The van der Waals surface area contributed by atoms with E-state index in [4.69, 9.17) is 18.0 Å². The van der Waals surface area contributed by atoms with Crippen LogP contribution < -0.4 is 10.8 Å². The van der Waals surface area contributed by atoms with E-state index in [1.807, 2.05) is 12.1 Å². The molecule has 82 valence electrons. The molecule has 0 saturated carbocycles. The minimum atomic E-state index is 0.0502. The molecule has 1 saturated heterocycles. The summed E-state index contributed by atoms with van der Waals surface area (Å²) in [5, 5.41) is 10.6. The molecule has 16 heavy (non-hydrogen) atoms. The van der Waals surface area contributed by atoms with Crippen LogP contribution in [0.1, 0.15) is 24.8 Å². The molecule has 1 heterocycles. The van der Waals surface area contributed by atoms with Crippen LogP contribution in [0.15, 0.2) is 18.2 Å². The van der Waals surface area contributed by atoms with Gasteiger partial charge >= 0.3 is 0 Å². The van der Waals surface area contributed by atoms with Gasteiger partial charge in [0.15, 0.2) is 0 Å². The normalized spacial score (nSPS) is 20.4. The van der Waals surface area contributed by atoms with Gasteiger partial charge in [0.05, 0.1) is 0 Å². The Hall–Kier alpha value is -1.29. The molecule has 0 spiro atoms. The van der Waals surface area contributed by atoms with E-state index in [9.17, 15) is 0 Å². The molecule has 0 aromatic heterocycles. The van der Waals surface area contributed by atoms with Gasteiger partial charge in [-0.15, -0.1) is 0 Å². The van der Waals surface area contributed by atoms with Crippen LogP contribution in [-0.4, -0.2) is 26.9 Å². The van der Waals surface area contributed by atoms with Crippen molar-refractivity contribution >= 4 is 25.2 Å². The van der Waals surface area contributed by atoms with Gasteiger partial charge in [-0.2, -0.15) is 0 Å². The lowest BCUT2D eigenvalue weighted by Gasteiger charge is -2.25. The van der Waals surface area contributed by atoms with Crippen molar-refractivity contribution in [3.63, 3.8) is 0 Å². The van der Waals surface area contributed by atoms with Crippen molar-refractivity contribution in [1.29, 1.82) is 5.41 Å². The maximum atomic E-state index is 7.36. The van der Waals surface area contributed by atoms with Gasteiger partial charge in [0.2, 0.25) is 0 Å². The van der Waals surface area contributed by atoms with Crippen molar-refractivity contribution in [2.45, 2.75) is 25.5 Å². The Balaban J connectivity index is 2.13. The lowest BCUT2D eigenvalue weighted by molar-refractivity contribution is 0.0343. The van der Waals surface area contributed by atoms with Crippen molar-refractivity contribution in [1.82, 2.24) is 0 Å². The summed E-state index contributed by atoms with van der Waals surface area (Å²) >= 11 is 0. The second kappa shape index (κ2) is 5.17. The third-order valence-corrected chi connectivity index (χ3v) is 2.78. The Kier molecular flexibility index (Phi) is 3.62. The van der Waals surface area contributed by atoms with E-state index < -0.39 is 0 Å². The highest BCUT2D eigenvalue weighted by Gasteiger charge is 2.14. The van der Waals surface area contributed by atoms with Crippen molar-refractivity contribution in [2.24, 2.45) is 0 Å². The van der Waals surface area contributed by atoms with Crippen molar-refractivity contribution in [2.75, 3.05) is 11.9 Å². The Bertz CT molecular complexity index is 375. The number of ether oxygens (including phenoxy) is 1. The molecule has 0 amide bonds. The van der Waals surface area contributed by atoms with E-state index >= 15 is 0 Å². The SMILES string of the molecule is [B]c1cccc(NC2CCCCO2)c1C=N. The van der Waals surface area contributed by atoms with E-state index in [0.717, 1.165) is 30.7 Å². The number of benzene rings is 1. The predicted octanol–water partition coefficient (Wildman–Crippen LogP) is 1.42. The molecule has 1 aliphatic rings. The summed E-state index contributed by atoms with van der Waals surface area (Å²) in [5.41, 5.74) is 2.23. The monoisotopic (exact) mass is 214 g/mol.